The number of aliphatic hydroxyl groups is 1. The number of benzene rings is 1. The highest BCUT2D eigenvalue weighted by molar-refractivity contribution is 6.51. The van der Waals surface area contributed by atoms with Crippen molar-refractivity contribution >= 4 is 23.3 Å². The summed E-state index contributed by atoms with van der Waals surface area (Å²) < 4.78 is 5.09. The molecule has 0 unspecified atom stereocenters. The van der Waals surface area contributed by atoms with Crippen LogP contribution in [0.1, 0.15) is 28.5 Å². The number of anilines is 1. The van der Waals surface area contributed by atoms with Crippen molar-refractivity contribution in [2.75, 3.05) is 4.90 Å². The fourth-order valence-corrected chi connectivity index (χ4v) is 3.26. The minimum atomic E-state index is -0.862. The minimum Gasteiger partial charge on any atom is -0.507 e. The molecule has 1 fully saturated rings. The van der Waals surface area contributed by atoms with Gasteiger partial charge in [-0.3, -0.25) is 19.5 Å². The predicted molar refractivity (Wildman–Crippen MR) is 101 cm³/mol. The maximum atomic E-state index is 12.9. The number of nitrogens with zero attached hydrogens (tertiary/aromatic N) is 3. The maximum absolute atomic E-state index is 12.9. The van der Waals surface area contributed by atoms with Crippen molar-refractivity contribution in [3.8, 4) is 0 Å². The van der Waals surface area contributed by atoms with Crippen LogP contribution in [0, 0.1) is 13.8 Å². The van der Waals surface area contributed by atoms with Gasteiger partial charge in [0.1, 0.15) is 11.5 Å². The molecule has 140 valence electrons. The Kier molecular flexibility index (Phi) is 4.27. The molecule has 0 radical (unpaired) electrons. The number of aromatic nitrogens is 2. The van der Waals surface area contributed by atoms with Crippen LogP contribution in [0.15, 0.2) is 65.0 Å². The van der Waals surface area contributed by atoms with E-state index in [0.717, 1.165) is 5.56 Å². The fourth-order valence-electron chi connectivity index (χ4n) is 3.26. The number of carbonyl (C=O) groups is 2. The van der Waals surface area contributed by atoms with E-state index < -0.39 is 17.7 Å². The van der Waals surface area contributed by atoms with E-state index in [-0.39, 0.29) is 17.2 Å². The van der Waals surface area contributed by atoms with E-state index in [1.54, 1.807) is 49.6 Å². The minimum absolute atomic E-state index is 0.0116. The number of ketones is 1. The molecule has 1 aliphatic heterocycles. The van der Waals surface area contributed by atoms with Crippen molar-refractivity contribution in [3.05, 3.63) is 82.9 Å². The highest BCUT2D eigenvalue weighted by Crippen LogP contribution is 2.41. The van der Waals surface area contributed by atoms with Gasteiger partial charge in [-0.1, -0.05) is 41.1 Å². The lowest BCUT2D eigenvalue weighted by Gasteiger charge is -2.22. The van der Waals surface area contributed by atoms with Gasteiger partial charge in [-0.2, -0.15) is 0 Å². The van der Waals surface area contributed by atoms with Crippen molar-refractivity contribution in [1.29, 1.82) is 0 Å². The molecule has 0 spiro atoms. The van der Waals surface area contributed by atoms with Crippen LogP contribution in [-0.4, -0.2) is 26.9 Å². The Labute approximate surface area is 160 Å². The lowest BCUT2D eigenvalue weighted by Crippen LogP contribution is -2.29. The Hall–Kier alpha value is -3.74. The number of hydrogen-bond donors (Lipinski definition) is 1. The van der Waals surface area contributed by atoms with Gasteiger partial charge in [0.05, 0.1) is 11.6 Å². The number of carbonyl (C=O) groups excluding carboxylic acids is 2. The van der Waals surface area contributed by atoms with E-state index >= 15 is 0 Å². The normalized spacial score (nSPS) is 18.6. The lowest BCUT2D eigenvalue weighted by atomic mass is 9.96. The molecule has 7 heteroatoms. The standard InChI is InChI=1S/C21H17N3O4/c1-12-5-7-14(8-6-12)19(25)17-18(15-4-3-9-22-11-15)24(21(27)20(17)26)16-10-13(2)28-23-16/h3-11,18,25H,1-2H3/b19-17+/t18-/m1/s1. The first-order chi connectivity index (χ1) is 13.5. The molecule has 3 aromatic rings. The summed E-state index contributed by atoms with van der Waals surface area (Å²) in [6.07, 6.45) is 3.15. The van der Waals surface area contributed by atoms with Crippen molar-refractivity contribution in [3.63, 3.8) is 0 Å². The van der Waals surface area contributed by atoms with Gasteiger partial charge >= 0.3 is 5.91 Å². The van der Waals surface area contributed by atoms with Gasteiger partial charge < -0.3 is 9.63 Å². The zero-order valence-corrected chi connectivity index (χ0v) is 15.3. The number of amides is 1. The molecule has 7 nitrogen and oxygen atoms in total. The van der Waals surface area contributed by atoms with Crippen LogP contribution in [0.25, 0.3) is 5.76 Å². The smallest absolute Gasteiger partial charge is 0.301 e. The topological polar surface area (TPSA) is 96.5 Å². The summed E-state index contributed by atoms with van der Waals surface area (Å²) >= 11 is 0. The molecule has 1 atom stereocenters. The van der Waals surface area contributed by atoms with Crippen LogP contribution in [0.2, 0.25) is 0 Å². The number of aryl methyl sites for hydroxylation is 2. The molecule has 1 saturated heterocycles. The van der Waals surface area contributed by atoms with Crippen molar-refractivity contribution in [2.45, 2.75) is 19.9 Å². The van der Waals surface area contributed by atoms with Gasteiger partial charge in [0.2, 0.25) is 0 Å². The SMILES string of the molecule is Cc1ccc(/C(O)=C2\C(=O)C(=O)N(c3cc(C)on3)[C@@H]2c2cccnc2)cc1. The molecule has 1 aromatic carbocycles. The van der Waals surface area contributed by atoms with Crippen molar-refractivity contribution < 1.29 is 19.2 Å². The molecule has 28 heavy (non-hydrogen) atoms. The molecule has 1 amide bonds. The monoisotopic (exact) mass is 375 g/mol. The van der Waals surface area contributed by atoms with Gasteiger partial charge in [0.15, 0.2) is 5.82 Å². The summed E-state index contributed by atoms with van der Waals surface area (Å²) in [6.45, 7) is 3.61. The third kappa shape index (κ3) is 2.87. The fraction of sp³-hybridized carbons (Fsp3) is 0.143. The van der Waals surface area contributed by atoms with Gasteiger partial charge in [0, 0.05) is 24.0 Å². The second-order valence-corrected chi connectivity index (χ2v) is 6.62. The molecule has 1 N–H and O–H groups in total. The molecule has 2 aromatic heterocycles. The van der Waals surface area contributed by atoms with Gasteiger partial charge in [-0.25, -0.2) is 0 Å². The van der Waals surface area contributed by atoms with Gasteiger partial charge in [0.25, 0.3) is 5.78 Å². The average molecular weight is 375 g/mol. The molecule has 0 aliphatic carbocycles. The highest BCUT2D eigenvalue weighted by atomic mass is 16.5. The van der Waals surface area contributed by atoms with Gasteiger partial charge in [-0.05, 0) is 25.5 Å². The van der Waals surface area contributed by atoms with E-state index in [0.29, 0.717) is 16.9 Å². The van der Waals surface area contributed by atoms with Crippen LogP contribution < -0.4 is 4.90 Å². The highest BCUT2D eigenvalue weighted by Gasteiger charge is 2.48. The van der Waals surface area contributed by atoms with Crippen molar-refractivity contribution in [2.24, 2.45) is 0 Å². The number of Topliss-reactive ketones (excluding diaryl/α,β-unsaturated/α-hetero) is 1. The Morgan fingerprint density at radius 2 is 1.89 bits per heavy atom. The van der Waals surface area contributed by atoms with Crippen molar-refractivity contribution in [1.82, 2.24) is 10.1 Å². The average Bonchev–Trinajstić information content (AvgIpc) is 3.24. The molecule has 1 aliphatic rings. The first-order valence-electron chi connectivity index (χ1n) is 8.68. The molecule has 4 rings (SSSR count). The Balaban J connectivity index is 1.93. The first-order valence-corrected chi connectivity index (χ1v) is 8.68. The molecular formula is C21H17N3O4. The van der Waals surface area contributed by atoms with Crippen LogP contribution in [0.3, 0.4) is 0 Å². The number of rotatable bonds is 3. The quantitative estimate of drug-likeness (QED) is 0.429. The second-order valence-electron chi connectivity index (χ2n) is 6.62. The largest absolute Gasteiger partial charge is 0.507 e. The third-order valence-corrected chi connectivity index (χ3v) is 4.63. The molecule has 0 bridgehead atoms. The summed E-state index contributed by atoms with van der Waals surface area (Å²) in [5.74, 6) is -1.10. The molecule has 0 saturated carbocycles. The summed E-state index contributed by atoms with van der Waals surface area (Å²) in [7, 11) is 0. The van der Waals surface area contributed by atoms with Crippen LogP contribution >= 0.6 is 0 Å². The third-order valence-electron chi connectivity index (χ3n) is 4.63. The summed E-state index contributed by atoms with van der Waals surface area (Å²) in [5, 5.41) is 14.8. The molecule has 3 heterocycles. The van der Waals surface area contributed by atoms with Crippen LogP contribution in [-0.2, 0) is 9.59 Å². The van der Waals surface area contributed by atoms with E-state index in [9.17, 15) is 14.7 Å². The number of hydrogen-bond acceptors (Lipinski definition) is 6. The van der Waals surface area contributed by atoms with E-state index in [1.165, 1.54) is 4.90 Å². The van der Waals surface area contributed by atoms with E-state index in [1.807, 2.05) is 19.1 Å². The lowest BCUT2D eigenvalue weighted by molar-refractivity contribution is -0.132. The first kappa shape index (κ1) is 17.7. The summed E-state index contributed by atoms with van der Waals surface area (Å²) in [4.78, 5) is 31.0. The zero-order chi connectivity index (χ0) is 19.8. The maximum Gasteiger partial charge on any atom is 0.301 e. The van der Waals surface area contributed by atoms with Gasteiger partial charge in [-0.15, -0.1) is 0 Å². The number of aliphatic hydroxyl groups excluding tert-OH is 1. The number of pyridine rings is 1. The predicted octanol–water partition coefficient (Wildman–Crippen LogP) is 3.31. The Morgan fingerprint density at radius 3 is 2.50 bits per heavy atom. The van der Waals surface area contributed by atoms with E-state index in [2.05, 4.69) is 10.1 Å². The summed E-state index contributed by atoms with van der Waals surface area (Å²) in [6, 6.07) is 11.2. The zero-order valence-electron chi connectivity index (χ0n) is 15.3. The Bertz CT molecular complexity index is 1080. The second kappa shape index (κ2) is 6.77. The van der Waals surface area contributed by atoms with E-state index in [4.69, 9.17) is 4.52 Å². The molecular weight excluding hydrogens is 358 g/mol. The van der Waals surface area contributed by atoms with Crippen LogP contribution in [0.4, 0.5) is 5.82 Å². The summed E-state index contributed by atoms with van der Waals surface area (Å²) in [5.41, 5.74) is 2.03. The van der Waals surface area contributed by atoms with Crippen LogP contribution in [0.5, 0.6) is 0 Å². The Morgan fingerprint density at radius 1 is 1.14 bits per heavy atom.